The molecule has 4 rings (SSSR count). The largest absolute Gasteiger partial charge is 0.278 e. The Balaban J connectivity index is 1.64. The number of hydrogen-bond acceptors (Lipinski definition) is 4. The summed E-state index contributed by atoms with van der Waals surface area (Å²) in [5.41, 5.74) is 1.88. The summed E-state index contributed by atoms with van der Waals surface area (Å²) < 4.78 is 28.3. The van der Waals surface area contributed by atoms with Gasteiger partial charge in [0.1, 0.15) is 0 Å². The summed E-state index contributed by atoms with van der Waals surface area (Å²) in [6, 6.07) is 14.2. The number of carbonyl (C=O) groups is 2. The van der Waals surface area contributed by atoms with E-state index in [0.29, 0.717) is 23.4 Å². The second kappa shape index (κ2) is 8.46. The minimum atomic E-state index is -3.79. The van der Waals surface area contributed by atoms with Crippen molar-refractivity contribution in [2.24, 2.45) is 11.8 Å². The number of carbonyl (C=O) groups excluding carboxylic acids is 2. The number of aryl methyl sites for hydroxylation is 1. The quantitative estimate of drug-likeness (QED) is 0.639. The van der Waals surface area contributed by atoms with Crippen LogP contribution in [0.25, 0.3) is 0 Å². The van der Waals surface area contributed by atoms with Crippen LogP contribution in [-0.2, 0) is 26.2 Å². The van der Waals surface area contributed by atoms with E-state index in [-0.39, 0.29) is 35.1 Å². The van der Waals surface area contributed by atoms with Crippen LogP contribution in [0, 0.1) is 18.8 Å². The molecular formula is C24H28N2O4S. The van der Waals surface area contributed by atoms with E-state index in [1.807, 2.05) is 6.07 Å². The normalized spacial score (nSPS) is 21.3. The zero-order valence-corrected chi connectivity index (χ0v) is 18.8. The fourth-order valence-corrected chi connectivity index (χ4v) is 6.55. The number of sulfonamides is 1. The number of fused-ring (bicyclic) bond motifs is 1. The molecule has 1 heterocycles. The maximum Gasteiger partial charge on any atom is 0.264 e. The molecule has 2 fully saturated rings. The second-order valence-corrected chi connectivity index (χ2v) is 10.2. The van der Waals surface area contributed by atoms with Gasteiger partial charge in [-0.05, 0) is 56.0 Å². The summed E-state index contributed by atoms with van der Waals surface area (Å²) in [5.74, 6) is -0.634. The smallest absolute Gasteiger partial charge is 0.264 e. The van der Waals surface area contributed by atoms with Crippen molar-refractivity contribution in [2.45, 2.75) is 51.0 Å². The number of benzene rings is 2. The summed E-state index contributed by atoms with van der Waals surface area (Å²) in [7, 11) is -3.79. The molecule has 2 aromatic rings. The monoisotopic (exact) mass is 440 g/mol. The molecule has 0 N–H and O–H groups in total. The fourth-order valence-electron chi connectivity index (χ4n) is 4.79. The minimum Gasteiger partial charge on any atom is -0.278 e. The molecule has 2 atom stereocenters. The Bertz CT molecular complexity index is 1070. The topological polar surface area (TPSA) is 74.8 Å². The van der Waals surface area contributed by atoms with Crippen molar-refractivity contribution in [3.63, 3.8) is 0 Å². The average Bonchev–Trinajstić information content (AvgIpc) is 3.01. The summed E-state index contributed by atoms with van der Waals surface area (Å²) in [5, 5.41) is 0. The van der Waals surface area contributed by atoms with E-state index in [1.165, 1.54) is 9.21 Å². The number of amides is 2. The highest BCUT2D eigenvalue weighted by Crippen LogP contribution is 2.38. The molecule has 0 spiro atoms. The van der Waals surface area contributed by atoms with Gasteiger partial charge in [-0.15, -0.1) is 0 Å². The van der Waals surface area contributed by atoms with Crippen LogP contribution in [0.3, 0.4) is 0 Å². The predicted octanol–water partition coefficient (Wildman–Crippen LogP) is 3.89. The molecular weight excluding hydrogens is 412 g/mol. The zero-order chi connectivity index (χ0) is 22.2. The third-order valence-corrected chi connectivity index (χ3v) is 8.47. The van der Waals surface area contributed by atoms with Gasteiger partial charge >= 0.3 is 0 Å². The Labute approximate surface area is 183 Å². The summed E-state index contributed by atoms with van der Waals surface area (Å²) in [6.07, 6.45) is 3.49. The number of anilines is 1. The van der Waals surface area contributed by atoms with Gasteiger partial charge in [-0.2, -0.15) is 0 Å². The van der Waals surface area contributed by atoms with Crippen molar-refractivity contribution >= 4 is 27.5 Å². The molecule has 1 aliphatic heterocycles. The van der Waals surface area contributed by atoms with Crippen LogP contribution >= 0.6 is 0 Å². The number of para-hydroxylation sites is 1. The molecule has 1 aliphatic carbocycles. The van der Waals surface area contributed by atoms with E-state index in [0.717, 1.165) is 25.7 Å². The summed E-state index contributed by atoms with van der Waals surface area (Å²) in [4.78, 5) is 27.2. The van der Waals surface area contributed by atoms with Crippen molar-refractivity contribution in [1.82, 2.24) is 4.90 Å². The molecule has 0 unspecified atom stereocenters. The van der Waals surface area contributed by atoms with E-state index < -0.39 is 10.0 Å². The molecule has 164 valence electrons. The Morgan fingerprint density at radius 2 is 1.58 bits per heavy atom. The molecule has 1 saturated heterocycles. The van der Waals surface area contributed by atoms with Gasteiger partial charge in [0, 0.05) is 6.54 Å². The first-order valence-electron chi connectivity index (χ1n) is 10.9. The van der Waals surface area contributed by atoms with E-state index in [1.54, 1.807) is 56.3 Å². The number of imide groups is 1. The Morgan fingerprint density at radius 1 is 0.968 bits per heavy atom. The molecule has 31 heavy (non-hydrogen) atoms. The number of nitrogens with zero attached hydrogens (tertiary/aromatic N) is 2. The van der Waals surface area contributed by atoms with Crippen LogP contribution in [-0.4, -0.2) is 31.7 Å². The van der Waals surface area contributed by atoms with Gasteiger partial charge < -0.3 is 0 Å². The molecule has 1 saturated carbocycles. The van der Waals surface area contributed by atoms with Crippen LogP contribution in [0.1, 0.15) is 43.7 Å². The van der Waals surface area contributed by atoms with Crippen molar-refractivity contribution in [3.05, 3.63) is 59.7 Å². The third-order valence-electron chi connectivity index (χ3n) is 6.43. The Kier molecular flexibility index (Phi) is 5.88. The van der Waals surface area contributed by atoms with E-state index in [2.05, 4.69) is 0 Å². The molecule has 0 radical (unpaired) electrons. The van der Waals surface area contributed by atoms with Crippen LogP contribution < -0.4 is 4.31 Å². The first-order valence-corrected chi connectivity index (χ1v) is 12.3. The average molecular weight is 441 g/mol. The number of hydrogen-bond donors (Lipinski definition) is 0. The third kappa shape index (κ3) is 3.87. The highest BCUT2D eigenvalue weighted by molar-refractivity contribution is 7.92. The molecule has 2 aliphatic rings. The van der Waals surface area contributed by atoms with E-state index >= 15 is 0 Å². The first kappa shape index (κ1) is 21.6. The van der Waals surface area contributed by atoms with Crippen molar-refractivity contribution in [2.75, 3.05) is 10.8 Å². The summed E-state index contributed by atoms with van der Waals surface area (Å²) >= 11 is 0. The van der Waals surface area contributed by atoms with Crippen LogP contribution in [0.5, 0.6) is 0 Å². The highest BCUT2D eigenvalue weighted by atomic mass is 32.2. The lowest BCUT2D eigenvalue weighted by Gasteiger charge is -2.24. The standard InChI is InChI=1S/C24H28N2O4S/c1-3-26(19-9-5-4-6-10-19)31(29,30)22-15-18(14-13-17(22)2)16-25-23(27)20-11-7-8-12-21(20)24(25)28/h4-6,9-10,13-15,20-21H,3,7-8,11-12,16H2,1-2H3/t20-,21-/m1/s1. The Hall–Kier alpha value is -2.67. The van der Waals surface area contributed by atoms with Gasteiger partial charge in [-0.3, -0.25) is 18.8 Å². The minimum absolute atomic E-state index is 0.112. The Morgan fingerprint density at radius 3 is 2.16 bits per heavy atom. The van der Waals surface area contributed by atoms with Gasteiger partial charge in [0.2, 0.25) is 11.8 Å². The lowest BCUT2D eigenvalue weighted by molar-refractivity contribution is -0.140. The first-order chi connectivity index (χ1) is 14.8. The van der Waals surface area contributed by atoms with Gasteiger partial charge in [-0.1, -0.05) is 43.2 Å². The number of rotatable bonds is 6. The zero-order valence-electron chi connectivity index (χ0n) is 18.0. The van der Waals surface area contributed by atoms with Crippen molar-refractivity contribution in [3.8, 4) is 0 Å². The van der Waals surface area contributed by atoms with Gasteiger partial charge in [-0.25, -0.2) is 8.42 Å². The highest BCUT2D eigenvalue weighted by Gasteiger charge is 2.47. The fraction of sp³-hybridized carbons (Fsp3) is 0.417. The van der Waals surface area contributed by atoms with Crippen LogP contribution in [0.15, 0.2) is 53.4 Å². The lowest BCUT2D eigenvalue weighted by Crippen LogP contribution is -2.32. The van der Waals surface area contributed by atoms with Gasteiger partial charge in [0.15, 0.2) is 0 Å². The number of likely N-dealkylation sites (tertiary alicyclic amines) is 1. The lowest BCUT2D eigenvalue weighted by atomic mass is 9.81. The SMILES string of the molecule is CCN(c1ccccc1)S(=O)(=O)c1cc(CN2C(=O)[C@@H]3CCCC[C@H]3C2=O)ccc1C. The molecule has 2 amide bonds. The van der Waals surface area contributed by atoms with Gasteiger partial charge in [0.25, 0.3) is 10.0 Å². The molecule has 2 aromatic carbocycles. The molecule has 6 nitrogen and oxygen atoms in total. The van der Waals surface area contributed by atoms with E-state index in [4.69, 9.17) is 0 Å². The molecule has 0 aromatic heterocycles. The second-order valence-electron chi connectivity index (χ2n) is 8.37. The van der Waals surface area contributed by atoms with Crippen molar-refractivity contribution < 1.29 is 18.0 Å². The van der Waals surface area contributed by atoms with Gasteiger partial charge in [0.05, 0.1) is 29.0 Å². The van der Waals surface area contributed by atoms with Crippen LogP contribution in [0.4, 0.5) is 5.69 Å². The van der Waals surface area contributed by atoms with Crippen LogP contribution in [0.2, 0.25) is 0 Å². The molecule has 0 bridgehead atoms. The summed E-state index contributed by atoms with van der Waals surface area (Å²) in [6.45, 7) is 3.97. The maximum atomic E-state index is 13.5. The maximum absolute atomic E-state index is 13.5. The van der Waals surface area contributed by atoms with E-state index in [9.17, 15) is 18.0 Å². The predicted molar refractivity (Wildman–Crippen MR) is 119 cm³/mol. The van der Waals surface area contributed by atoms with Crippen molar-refractivity contribution in [1.29, 1.82) is 0 Å². The molecule has 7 heteroatoms.